The van der Waals surface area contributed by atoms with Crippen LogP contribution in [-0.2, 0) is 35.9 Å². The number of nitrogens with zero attached hydrogens (tertiary/aromatic N) is 3. The maximum Gasteiger partial charge on any atom is 0.337 e. The Bertz CT molecular complexity index is 1780. The zero-order valence-electron chi connectivity index (χ0n) is 28.1. The number of sulfone groups is 1. The van der Waals surface area contributed by atoms with E-state index in [1.165, 1.54) is 30.6 Å². The minimum atomic E-state index is -3.69. The third-order valence-electron chi connectivity index (χ3n) is 11.0. The van der Waals surface area contributed by atoms with Crippen LogP contribution in [0.5, 0.6) is 5.75 Å². The Morgan fingerprint density at radius 2 is 1.98 bits per heavy atom. The highest BCUT2D eigenvalue weighted by atomic mass is 35.5. The molecular formula is C37H44ClN3O7S. The average Bonchev–Trinajstić information content (AvgIpc) is 3.25. The third kappa shape index (κ3) is 6.92. The lowest BCUT2D eigenvalue weighted by atomic mass is 9.67. The highest BCUT2D eigenvalue weighted by Gasteiger charge is 2.45. The van der Waals surface area contributed by atoms with Crippen molar-refractivity contribution in [3.05, 3.63) is 76.6 Å². The number of hydrogen-bond acceptors (Lipinski definition) is 10. The van der Waals surface area contributed by atoms with Gasteiger partial charge in [-0.3, -0.25) is 0 Å². The van der Waals surface area contributed by atoms with Crippen molar-refractivity contribution in [1.29, 1.82) is 0 Å². The number of aryl methyl sites for hydroxylation is 1. The van der Waals surface area contributed by atoms with Gasteiger partial charge in [-0.2, -0.15) is 0 Å². The minimum absolute atomic E-state index is 0.0254. The van der Waals surface area contributed by atoms with E-state index in [-0.39, 0.29) is 35.4 Å². The first-order chi connectivity index (χ1) is 23.7. The summed E-state index contributed by atoms with van der Waals surface area (Å²) in [6.45, 7) is 4.41. The summed E-state index contributed by atoms with van der Waals surface area (Å²) in [4.78, 5) is 22.9. The molecular weight excluding hydrogens is 666 g/mol. The summed E-state index contributed by atoms with van der Waals surface area (Å²) in [6, 6.07) is 13.4. The van der Waals surface area contributed by atoms with Gasteiger partial charge in [0.2, 0.25) is 15.0 Å². The van der Waals surface area contributed by atoms with Gasteiger partial charge < -0.3 is 23.8 Å². The number of ether oxygens (including phenoxy) is 4. The molecule has 2 fully saturated rings. The molecule has 2 aliphatic heterocycles. The second-order valence-electron chi connectivity index (χ2n) is 14.1. The molecule has 0 unspecified atom stereocenters. The van der Waals surface area contributed by atoms with Gasteiger partial charge in [0.15, 0.2) is 0 Å². The molecule has 1 saturated carbocycles. The summed E-state index contributed by atoms with van der Waals surface area (Å²) in [6.07, 6.45) is 9.44. The van der Waals surface area contributed by atoms with E-state index in [1.807, 2.05) is 18.2 Å². The number of carbonyl (C=O) groups excluding carboxylic acids is 1. The average molecular weight is 710 g/mol. The number of halogens is 1. The van der Waals surface area contributed by atoms with E-state index in [2.05, 4.69) is 27.0 Å². The minimum Gasteiger partial charge on any atom is -0.490 e. The number of carbonyl (C=O) groups is 1. The Morgan fingerprint density at radius 3 is 2.76 bits per heavy atom. The van der Waals surface area contributed by atoms with Crippen molar-refractivity contribution in [1.82, 2.24) is 9.97 Å². The zero-order valence-corrected chi connectivity index (χ0v) is 29.6. The molecule has 262 valence electrons. The van der Waals surface area contributed by atoms with Gasteiger partial charge in [-0.1, -0.05) is 17.7 Å². The van der Waals surface area contributed by atoms with Crippen LogP contribution in [0.1, 0.15) is 66.9 Å². The summed E-state index contributed by atoms with van der Waals surface area (Å²) >= 11 is 6.44. The van der Waals surface area contributed by atoms with E-state index in [0.717, 1.165) is 74.5 Å². The van der Waals surface area contributed by atoms with Gasteiger partial charge >= 0.3 is 5.97 Å². The lowest BCUT2D eigenvalue weighted by Crippen LogP contribution is -2.51. The van der Waals surface area contributed by atoms with Gasteiger partial charge in [0, 0.05) is 48.9 Å². The van der Waals surface area contributed by atoms with E-state index in [4.69, 9.17) is 30.5 Å². The first-order valence-corrected chi connectivity index (χ1v) is 19.2. The van der Waals surface area contributed by atoms with Crippen LogP contribution < -0.4 is 9.64 Å². The molecule has 0 radical (unpaired) electrons. The molecule has 6 atom stereocenters. The molecule has 49 heavy (non-hydrogen) atoms. The molecule has 7 rings (SSSR count). The number of fused-ring (bicyclic) bond motifs is 3. The van der Waals surface area contributed by atoms with Gasteiger partial charge in [-0.25, -0.2) is 23.2 Å². The maximum absolute atomic E-state index is 13.0. The van der Waals surface area contributed by atoms with E-state index in [1.54, 1.807) is 19.1 Å². The second-order valence-corrected chi connectivity index (χ2v) is 16.8. The Morgan fingerprint density at radius 1 is 1.14 bits per heavy atom. The highest BCUT2D eigenvalue weighted by molar-refractivity contribution is 7.91. The number of esters is 1. The zero-order chi connectivity index (χ0) is 34.2. The molecule has 0 amide bonds. The highest BCUT2D eigenvalue weighted by Crippen LogP contribution is 2.47. The Balaban J connectivity index is 1.08. The molecule has 0 N–H and O–H groups in total. The van der Waals surface area contributed by atoms with Crippen LogP contribution in [0.3, 0.4) is 0 Å². The third-order valence-corrected chi connectivity index (χ3v) is 13.2. The lowest BCUT2D eigenvalue weighted by Gasteiger charge is -2.47. The standard InChI is InChI=1S/C37H44ClN3O7S/c1-24(49(43,44)36-39-14-4-15-40-36)21-47-29-12-16-46-34(19-29)30-9-6-27(30)20-41-22-37(13-3-5-25-17-28(38)8-10-31(25)37)23-48-33-11-7-26(18-32(33)41)35(42)45-2/h4,7-8,10-11,14-15,17-18,24,27,29-30,34H,3,5-6,9,12-13,16,19-23H2,1-2H3/t24-,27-,29-,30+,34+,37-/m0/s1. The smallest absolute Gasteiger partial charge is 0.337 e. The summed E-state index contributed by atoms with van der Waals surface area (Å²) < 4.78 is 50.2. The SMILES string of the molecule is COC(=O)c1ccc2c(c1)N(C[C@@H]1CC[C@H]1[C@H]1C[C@@H](OC[C@H](C)S(=O)(=O)c3ncccn3)CCO1)C[C@@]1(CCCc3cc(Cl)ccc31)CO2. The molecule has 3 heterocycles. The monoisotopic (exact) mass is 709 g/mol. The van der Waals surface area contributed by atoms with Crippen molar-refractivity contribution in [2.24, 2.45) is 11.8 Å². The second kappa shape index (κ2) is 14.2. The van der Waals surface area contributed by atoms with Gasteiger partial charge in [0.25, 0.3) is 0 Å². The molecule has 4 aliphatic rings. The molecule has 1 spiro atoms. The quantitative estimate of drug-likeness (QED) is 0.198. The molecule has 0 bridgehead atoms. The number of benzene rings is 2. The maximum atomic E-state index is 13.0. The summed E-state index contributed by atoms with van der Waals surface area (Å²) in [5.74, 6) is 1.11. The molecule has 2 aromatic carbocycles. The van der Waals surface area contributed by atoms with Crippen LogP contribution in [-0.4, -0.2) is 81.8 Å². The van der Waals surface area contributed by atoms with Crippen LogP contribution in [0.15, 0.2) is 60.0 Å². The Hall–Kier alpha value is -3.25. The van der Waals surface area contributed by atoms with Crippen molar-refractivity contribution in [3.8, 4) is 5.75 Å². The topological polar surface area (TPSA) is 117 Å². The fourth-order valence-corrected chi connectivity index (χ4v) is 9.40. The Kier molecular flexibility index (Phi) is 9.89. The number of rotatable bonds is 9. The molecule has 2 aliphatic carbocycles. The van der Waals surface area contributed by atoms with E-state index >= 15 is 0 Å². The van der Waals surface area contributed by atoms with Crippen LogP contribution >= 0.6 is 11.6 Å². The van der Waals surface area contributed by atoms with Crippen LogP contribution in [0.2, 0.25) is 5.02 Å². The number of anilines is 1. The van der Waals surface area contributed by atoms with Crippen molar-refractivity contribution in [2.45, 2.75) is 79.9 Å². The van der Waals surface area contributed by atoms with Crippen LogP contribution in [0.25, 0.3) is 0 Å². The van der Waals surface area contributed by atoms with Gasteiger partial charge in [-0.15, -0.1) is 0 Å². The number of methoxy groups -OCH3 is 1. The van der Waals surface area contributed by atoms with Crippen molar-refractivity contribution >= 4 is 33.1 Å². The van der Waals surface area contributed by atoms with Crippen LogP contribution in [0.4, 0.5) is 5.69 Å². The fourth-order valence-electron chi connectivity index (χ4n) is 8.17. The van der Waals surface area contributed by atoms with Crippen molar-refractivity contribution < 1.29 is 32.2 Å². The molecule has 10 nitrogen and oxygen atoms in total. The van der Waals surface area contributed by atoms with Gasteiger partial charge in [0.05, 0.1) is 49.0 Å². The fraction of sp³-hybridized carbons (Fsp3) is 0.541. The predicted molar refractivity (Wildman–Crippen MR) is 185 cm³/mol. The molecule has 1 saturated heterocycles. The Labute approximate surface area is 293 Å². The van der Waals surface area contributed by atoms with E-state index in [9.17, 15) is 13.2 Å². The molecule has 3 aromatic rings. The largest absolute Gasteiger partial charge is 0.490 e. The lowest BCUT2D eigenvalue weighted by molar-refractivity contribution is -0.116. The predicted octanol–water partition coefficient (Wildman–Crippen LogP) is 5.84. The van der Waals surface area contributed by atoms with E-state index < -0.39 is 15.1 Å². The van der Waals surface area contributed by atoms with Crippen LogP contribution in [0, 0.1) is 11.8 Å². The normalized spacial score (nSPS) is 27.2. The first kappa shape index (κ1) is 34.2. The number of hydrogen-bond donors (Lipinski definition) is 0. The summed E-state index contributed by atoms with van der Waals surface area (Å²) in [5, 5.41) is -0.183. The van der Waals surface area contributed by atoms with Crippen molar-refractivity contribution in [2.75, 3.05) is 44.9 Å². The van der Waals surface area contributed by atoms with Crippen molar-refractivity contribution in [3.63, 3.8) is 0 Å². The number of aromatic nitrogens is 2. The summed E-state index contributed by atoms with van der Waals surface area (Å²) in [5.41, 5.74) is 3.77. The van der Waals surface area contributed by atoms with E-state index in [0.29, 0.717) is 30.6 Å². The van der Waals surface area contributed by atoms with Gasteiger partial charge in [0.1, 0.15) is 5.75 Å². The molecule has 12 heteroatoms. The first-order valence-electron chi connectivity index (χ1n) is 17.3. The summed E-state index contributed by atoms with van der Waals surface area (Å²) in [7, 11) is -2.29. The molecule has 1 aromatic heterocycles. The van der Waals surface area contributed by atoms with Gasteiger partial charge in [-0.05, 0) is 105 Å².